The molecule has 0 aromatic carbocycles. The lowest BCUT2D eigenvalue weighted by molar-refractivity contribution is -0.120. The topological polar surface area (TPSA) is 58.9 Å². The van der Waals surface area contributed by atoms with Gasteiger partial charge < -0.3 is 14.5 Å². The van der Waals surface area contributed by atoms with E-state index in [-0.39, 0.29) is 5.91 Å². The Balaban J connectivity index is 1.38. The molecule has 0 bridgehead atoms. The Morgan fingerprint density at radius 3 is 3.00 bits per heavy atom. The third-order valence-electron chi connectivity index (χ3n) is 3.83. The molecule has 2 aromatic rings. The van der Waals surface area contributed by atoms with Gasteiger partial charge >= 0.3 is 0 Å². The van der Waals surface area contributed by atoms with Gasteiger partial charge in [0.05, 0.1) is 25.3 Å². The monoisotopic (exact) mass is 302 g/mol. The molecule has 0 unspecified atom stereocenters. The molecular formula is C16H22N4O2. The average Bonchev–Trinajstić information content (AvgIpc) is 2.94. The summed E-state index contributed by atoms with van der Waals surface area (Å²) in [5.41, 5.74) is 1.68. The molecule has 0 aliphatic carbocycles. The lowest BCUT2D eigenvalue weighted by Crippen LogP contribution is -2.38. The van der Waals surface area contributed by atoms with Crippen LogP contribution in [0.3, 0.4) is 0 Å². The smallest absolute Gasteiger partial charge is 0.226 e. The number of carbonyl (C=O) groups excluding carboxylic acids is 1. The van der Waals surface area contributed by atoms with Gasteiger partial charge in [0.25, 0.3) is 0 Å². The highest BCUT2D eigenvalue weighted by Crippen LogP contribution is 2.05. The summed E-state index contributed by atoms with van der Waals surface area (Å²) in [5.74, 6) is 0.0328. The SMILES string of the molecule is O=C(Cc1cn2ccccc2n1)NCCCN1CCOCC1. The van der Waals surface area contributed by atoms with Crippen molar-refractivity contribution in [2.24, 2.45) is 0 Å². The highest BCUT2D eigenvalue weighted by Gasteiger charge is 2.10. The van der Waals surface area contributed by atoms with Gasteiger partial charge in [0.15, 0.2) is 0 Å². The summed E-state index contributed by atoms with van der Waals surface area (Å²) >= 11 is 0. The third kappa shape index (κ3) is 4.05. The Morgan fingerprint density at radius 1 is 1.32 bits per heavy atom. The zero-order chi connectivity index (χ0) is 15.2. The summed E-state index contributed by atoms with van der Waals surface area (Å²) in [4.78, 5) is 18.8. The molecule has 0 spiro atoms. The van der Waals surface area contributed by atoms with Gasteiger partial charge in [-0.05, 0) is 25.1 Å². The minimum atomic E-state index is 0.0328. The van der Waals surface area contributed by atoms with Crippen LogP contribution in [-0.2, 0) is 16.0 Å². The van der Waals surface area contributed by atoms with E-state index >= 15 is 0 Å². The molecular weight excluding hydrogens is 280 g/mol. The number of amides is 1. The number of imidazole rings is 1. The van der Waals surface area contributed by atoms with Crippen LogP contribution in [0.1, 0.15) is 12.1 Å². The Morgan fingerprint density at radius 2 is 2.18 bits per heavy atom. The second-order valence-corrected chi connectivity index (χ2v) is 5.53. The summed E-state index contributed by atoms with van der Waals surface area (Å²) in [6, 6.07) is 5.83. The first-order valence-corrected chi connectivity index (χ1v) is 7.81. The number of hydrogen-bond acceptors (Lipinski definition) is 4. The van der Waals surface area contributed by atoms with Crippen molar-refractivity contribution in [1.29, 1.82) is 0 Å². The van der Waals surface area contributed by atoms with Crippen molar-refractivity contribution < 1.29 is 9.53 Å². The maximum absolute atomic E-state index is 11.9. The standard InChI is InChI=1S/C16H22N4O2/c21-16(17-5-3-6-19-8-10-22-11-9-19)12-14-13-20-7-2-1-4-15(20)18-14/h1-2,4,7,13H,3,5-6,8-12H2,(H,17,21). The average molecular weight is 302 g/mol. The van der Waals surface area contributed by atoms with E-state index in [1.165, 1.54) is 0 Å². The molecule has 3 rings (SSSR count). The summed E-state index contributed by atoms with van der Waals surface area (Å²) in [6.45, 7) is 5.35. The minimum absolute atomic E-state index is 0.0328. The Bertz CT molecular complexity index is 586. The lowest BCUT2D eigenvalue weighted by atomic mass is 10.3. The minimum Gasteiger partial charge on any atom is -0.379 e. The number of morpholine rings is 1. The highest BCUT2D eigenvalue weighted by atomic mass is 16.5. The maximum Gasteiger partial charge on any atom is 0.226 e. The largest absolute Gasteiger partial charge is 0.379 e. The van der Waals surface area contributed by atoms with Crippen LogP contribution >= 0.6 is 0 Å². The number of hydrogen-bond donors (Lipinski definition) is 1. The maximum atomic E-state index is 11.9. The summed E-state index contributed by atoms with van der Waals surface area (Å²) in [5, 5.41) is 2.97. The van der Waals surface area contributed by atoms with Gasteiger partial charge in [-0.15, -0.1) is 0 Å². The van der Waals surface area contributed by atoms with E-state index in [2.05, 4.69) is 15.2 Å². The van der Waals surface area contributed by atoms with Gasteiger partial charge in [0.2, 0.25) is 5.91 Å². The Labute approximate surface area is 130 Å². The molecule has 0 radical (unpaired) electrons. The fraction of sp³-hybridized carbons (Fsp3) is 0.500. The van der Waals surface area contributed by atoms with E-state index in [1.54, 1.807) is 0 Å². The van der Waals surface area contributed by atoms with Gasteiger partial charge in [-0.3, -0.25) is 9.69 Å². The van der Waals surface area contributed by atoms with Crippen molar-refractivity contribution in [1.82, 2.24) is 19.6 Å². The van der Waals surface area contributed by atoms with E-state index in [4.69, 9.17) is 4.74 Å². The van der Waals surface area contributed by atoms with Crippen LogP contribution in [0.25, 0.3) is 5.65 Å². The molecule has 118 valence electrons. The fourth-order valence-electron chi connectivity index (χ4n) is 2.65. The fourth-order valence-corrected chi connectivity index (χ4v) is 2.65. The van der Waals surface area contributed by atoms with Crippen LogP contribution in [0.4, 0.5) is 0 Å². The van der Waals surface area contributed by atoms with Crippen LogP contribution in [0.5, 0.6) is 0 Å². The first-order valence-electron chi connectivity index (χ1n) is 7.81. The molecule has 6 heteroatoms. The van der Waals surface area contributed by atoms with Crippen molar-refractivity contribution in [2.75, 3.05) is 39.4 Å². The van der Waals surface area contributed by atoms with Crippen LogP contribution in [0.2, 0.25) is 0 Å². The van der Waals surface area contributed by atoms with Crippen molar-refractivity contribution in [3.8, 4) is 0 Å². The number of carbonyl (C=O) groups is 1. The molecule has 1 aliphatic rings. The van der Waals surface area contributed by atoms with Crippen LogP contribution in [0.15, 0.2) is 30.6 Å². The van der Waals surface area contributed by atoms with E-state index in [9.17, 15) is 4.79 Å². The highest BCUT2D eigenvalue weighted by molar-refractivity contribution is 5.78. The molecule has 0 saturated carbocycles. The lowest BCUT2D eigenvalue weighted by Gasteiger charge is -2.26. The number of rotatable bonds is 6. The molecule has 6 nitrogen and oxygen atoms in total. The van der Waals surface area contributed by atoms with E-state index in [0.717, 1.165) is 50.6 Å². The zero-order valence-corrected chi connectivity index (χ0v) is 12.7. The first kappa shape index (κ1) is 15.0. The number of nitrogens with zero attached hydrogens (tertiary/aromatic N) is 3. The Kier molecular flexibility index (Phi) is 5.03. The van der Waals surface area contributed by atoms with E-state index in [1.807, 2.05) is 35.0 Å². The number of nitrogens with one attached hydrogen (secondary N) is 1. The number of ether oxygens (including phenoxy) is 1. The van der Waals surface area contributed by atoms with Gasteiger partial charge in [-0.1, -0.05) is 6.07 Å². The normalized spacial score (nSPS) is 16.0. The van der Waals surface area contributed by atoms with Gasteiger partial charge in [0, 0.05) is 32.0 Å². The van der Waals surface area contributed by atoms with Crippen molar-refractivity contribution in [3.63, 3.8) is 0 Å². The van der Waals surface area contributed by atoms with Crippen molar-refractivity contribution in [3.05, 3.63) is 36.3 Å². The van der Waals surface area contributed by atoms with Crippen molar-refractivity contribution in [2.45, 2.75) is 12.8 Å². The first-order chi connectivity index (χ1) is 10.8. The molecule has 0 atom stereocenters. The summed E-state index contributed by atoms with van der Waals surface area (Å²) in [7, 11) is 0. The molecule has 1 saturated heterocycles. The molecule has 2 aromatic heterocycles. The second kappa shape index (κ2) is 7.38. The molecule has 1 N–H and O–H groups in total. The quantitative estimate of drug-likeness (QED) is 0.799. The molecule has 1 fully saturated rings. The molecule has 1 aliphatic heterocycles. The number of pyridine rings is 1. The van der Waals surface area contributed by atoms with Crippen LogP contribution in [0, 0.1) is 0 Å². The molecule has 22 heavy (non-hydrogen) atoms. The number of fused-ring (bicyclic) bond motifs is 1. The van der Waals surface area contributed by atoms with Gasteiger partial charge in [-0.25, -0.2) is 4.98 Å². The van der Waals surface area contributed by atoms with Gasteiger partial charge in [-0.2, -0.15) is 0 Å². The van der Waals surface area contributed by atoms with Gasteiger partial charge in [0.1, 0.15) is 5.65 Å². The Hall–Kier alpha value is -1.92. The zero-order valence-electron chi connectivity index (χ0n) is 12.7. The second-order valence-electron chi connectivity index (χ2n) is 5.53. The predicted octanol–water partition coefficient (Wildman–Crippen LogP) is 0.715. The molecule has 1 amide bonds. The third-order valence-corrected chi connectivity index (χ3v) is 3.83. The van der Waals surface area contributed by atoms with Crippen LogP contribution in [-0.4, -0.2) is 59.6 Å². The molecule has 3 heterocycles. The predicted molar refractivity (Wildman–Crippen MR) is 83.8 cm³/mol. The summed E-state index contributed by atoms with van der Waals surface area (Å²) in [6.07, 6.45) is 5.14. The van der Waals surface area contributed by atoms with Crippen LogP contribution < -0.4 is 5.32 Å². The van der Waals surface area contributed by atoms with E-state index in [0.29, 0.717) is 13.0 Å². The van der Waals surface area contributed by atoms with Crippen molar-refractivity contribution >= 4 is 11.6 Å². The number of aromatic nitrogens is 2. The summed E-state index contributed by atoms with van der Waals surface area (Å²) < 4.78 is 7.25. The van der Waals surface area contributed by atoms with E-state index < -0.39 is 0 Å².